The van der Waals surface area contributed by atoms with E-state index in [9.17, 15) is 4.79 Å². The molecule has 102 valence electrons. The molecule has 0 atom stereocenters. The summed E-state index contributed by atoms with van der Waals surface area (Å²) in [5, 5.41) is 5.10. The Morgan fingerprint density at radius 2 is 1.85 bits per heavy atom. The molecule has 0 aromatic heterocycles. The van der Waals surface area contributed by atoms with Crippen molar-refractivity contribution in [1.29, 1.82) is 0 Å². The zero-order valence-electron chi connectivity index (χ0n) is 10.7. The van der Waals surface area contributed by atoms with E-state index in [0.29, 0.717) is 15.6 Å². The van der Waals surface area contributed by atoms with Crippen LogP contribution in [0.4, 0.5) is 0 Å². The van der Waals surface area contributed by atoms with Gasteiger partial charge in [0.15, 0.2) is 0 Å². The molecule has 0 spiro atoms. The van der Waals surface area contributed by atoms with Gasteiger partial charge in [-0.2, -0.15) is 5.10 Å². The van der Waals surface area contributed by atoms with Crippen molar-refractivity contribution in [3.63, 3.8) is 0 Å². The maximum Gasteiger partial charge on any atom is 0.271 e. The van der Waals surface area contributed by atoms with Crippen molar-refractivity contribution < 1.29 is 4.79 Å². The standard InChI is InChI=1S/C15H12Cl2N2O/c1-10-2-5-12(8-14(10)17)15(20)19-18-9-11-3-6-13(16)7-4-11/h2-9H,1H3,(H,19,20)/b18-9-. The lowest BCUT2D eigenvalue weighted by Crippen LogP contribution is -2.17. The second-order valence-electron chi connectivity index (χ2n) is 4.21. The van der Waals surface area contributed by atoms with Gasteiger partial charge in [-0.25, -0.2) is 5.43 Å². The molecule has 20 heavy (non-hydrogen) atoms. The molecule has 0 bridgehead atoms. The van der Waals surface area contributed by atoms with Crippen LogP contribution in [0.25, 0.3) is 0 Å². The van der Waals surface area contributed by atoms with Gasteiger partial charge in [-0.15, -0.1) is 0 Å². The van der Waals surface area contributed by atoms with Crippen LogP contribution in [-0.2, 0) is 0 Å². The van der Waals surface area contributed by atoms with Gasteiger partial charge in [-0.3, -0.25) is 4.79 Å². The van der Waals surface area contributed by atoms with E-state index in [1.807, 2.05) is 6.92 Å². The molecule has 0 radical (unpaired) electrons. The lowest BCUT2D eigenvalue weighted by molar-refractivity contribution is 0.0955. The van der Waals surface area contributed by atoms with Gasteiger partial charge in [-0.1, -0.05) is 41.4 Å². The first-order valence-corrected chi connectivity index (χ1v) is 6.67. The molecule has 2 aromatic carbocycles. The molecule has 0 aliphatic carbocycles. The Kier molecular flexibility index (Phi) is 4.77. The third kappa shape index (κ3) is 3.83. The zero-order valence-corrected chi connectivity index (χ0v) is 12.2. The number of nitrogens with zero attached hydrogens (tertiary/aromatic N) is 1. The summed E-state index contributed by atoms with van der Waals surface area (Å²) in [6, 6.07) is 12.2. The Balaban J connectivity index is 2.01. The number of carbonyl (C=O) groups is 1. The number of amides is 1. The highest BCUT2D eigenvalue weighted by Gasteiger charge is 2.05. The summed E-state index contributed by atoms with van der Waals surface area (Å²) in [5.74, 6) is -0.308. The van der Waals surface area contributed by atoms with E-state index >= 15 is 0 Å². The summed E-state index contributed by atoms with van der Waals surface area (Å²) in [7, 11) is 0. The number of hydrazone groups is 1. The minimum absolute atomic E-state index is 0.308. The SMILES string of the molecule is Cc1ccc(C(=O)N/N=C\c2ccc(Cl)cc2)cc1Cl. The average Bonchev–Trinajstić information content (AvgIpc) is 2.44. The fraction of sp³-hybridized carbons (Fsp3) is 0.0667. The number of carbonyl (C=O) groups excluding carboxylic acids is 1. The number of benzene rings is 2. The van der Waals surface area contributed by atoms with E-state index in [2.05, 4.69) is 10.5 Å². The van der Waals surface area contributed by atoms with Crippen LogP contribution >= 0.6 is 23.2 Å². The number of aryl methyl sites for hydroxylation is 1. The maximum atomic E-state index is 11.8. The zero-order chi connectivity index (χ0) is 14.5. The molecule has 5 heteroatoms. The lowest BCUT2D eigenvalue weighted by Gasteiger charge is -2.02. The highest BCUT2D eigenvalue weighted by molar-refractivity contribution is 6.31. The first kappa shape index (κ1) is 14.6. The number of hydrogen-bond acceptors (Lipinski definition) is 2. The van der Waals surface area contributed by atoms with E-state index in [-0.39, 0.29) is 5.91 Å². The van der Waals surface area contributed by atoms with Gasteiger partial charge in [0.1, 0.15) is 0 Å². The molecule has 1 N–H and O–H groups in total. The molecule has 0 saturated carbocycles. The number of halogens is 2. The highest BCUT2D eigenvalue weighted by Crippen LogP contribution is 2.16. The summed E-state index contributed by atoms with van der Waals surface area (Å²) >= 11 is 11.7. The van der Waals surface area contributed by atoms with Gasteiger partial charge < -0.3 is 0 Å². The fourth-order valence-corrected chi connectivity index (χ4v) is 1.82. The van der Waals surface area contributed by atoms with E-state index in [0.717, 1.165) is 11.1 Å². The molecular formula is C15H12Cl2N2O. The molecule has 2 rings (SSSR count). The Morgan fingerprint density at radius 1 is 1.15 bits per heavy atom. The van der Waals surface area contributed by atoms with Crippen molar-refractivity contribution in [2.45, 2.75) is 6.92 Å². The lowest BCUT2D eigenvalue weighted by atomic mass is 10.1. The molecule has 0 unspecified atom stereocenters. The van der Waals surface area contributed by atoms with E-state index in [4.69, 9.17) is 23.2 Å². The summed E-state index contributed by atoms with van der Waals surface area (Å²) in [6.07, 6.45) is 1.55. The Hall–Kier alpha value is -1.84. The van der Waals surface area contributed by atoms with Gasteiger partial charge in [-0.05, 0) is 42.3 Å². The Labute approximate surface area is 127 Å². The third-order valence-corrected chi connectivity index (χ3v) is 3.34. The van der Waals surface area contributed by atoms with Crippen LogP contribution in [0, 0.1) is 6.92 Å². The summed E-state index contributed by atoms with van der Waals surface area (Å²) in [4.78, 5) is 11.8. The molecule has 1 amide bonds. The van der Waals surface area contributed by atoms with Gasteiger partial charge in [0.25, 0.3) is 5.91 Å². The van der Waals surface area contributed by atoms with Crippen LogP contribution in [0.15, 0.2) is 47.6 Å². The van der Waals surface area contributed by atoms with Crippen LogP contribution in [-0.4, -0.2) is 12.1 Å². The van der Waals surface area contributed by atoms with Crippen LogP contribution in [0.3, 0.4) is 0 Å². The predicted molar refractivity (Wildman–Crippen MR) is 82.7 cm³/mol. The molecule has 2 aromatic rings. The summed E-state index contributed by atoms with van der Waals surface area (Å²) < 4.78 is 0. The number of rotatable bonds is 3. The molecule has 0 fully saturated rings. The second-order valence-corrected chi connectivity index (χ2v) is 5.06. The monoisotopic (exact) mass is 306 g/mol. The van der Waals surface area contributed by atoms with E-state index in [1.165, 1.54) is 0 Å². The number of hydrogen-bond donors (Lipinski definition) is 1. The van der Waals surface area contributed by atoms with Gasteiger partial charge in [0.2, 0.25) is 0 Å². The Morgan fingerprint density at radius 3 is 2.50 bits per heavy atom. The quantitative estimate of drug-likeness (QED) is 0.674. The minimum atomic E-state index is -0.308. The normalized spacial score (nSPS) is 10.8. The van der Waals surface area contributed by atoms with Crippen LogP contribution in [0.1, 0.15) is 21.5 Å². The molecule has 0 aliphatic rings. The smallest absolute Gasteiger partial charge is 0.267 e. The Bertz CT molecular complexity index is 651. The van der Waals surface area contributed by atoms with Crippen LogP contribution < -0.4 is 5.43 Å². The van der Waals surface area contributed by atoms with Crippen molar-refractivity contribution in [3.05, 3.63) is 69.2 Å². The third-order valence-electron chi connectivity index (χ3n) is 2.68. The highest BCUT2D eigenvalue weighted by atomic mass is 35.5. The average molecular weight is 307 g/mol. The van der Waals surface area contributed by atoms with Crippen LogP contribution in [0.5, 0.6) is 0 Å². The molecule has 0 heterocycles. The molecule has 0 aliphatic heterocycles. The first-order chi connectivity index (χ1) is 9.56. The number of nitrogens with one attached hydrogen (secondary N) is 1. The van der Waals surface area contributed by atoms with Crippen molar-refractivity contribution in [2.24, 2.45) is 5.10 Å². The van der Waals surface area contributed by atoms with Gasteiger partial charge in [0.05, 0.1) is 6.21 Å². The largest absolute Gasteiger partial charge is 0.271 e. The maximum absolute atomic E-state index is 11.8. The van der Waals surface area contributed by atoms with E-state index in [1.54, 1.807) is 48.7 Å². The molecule has 0 saturated heterocycles. The van der Waals surface area contributed by atoms with Crippen molar-refractivity contribution in [1.82, 2.24) is 5.43 Å². The summed E-state index contributed by atoms with van der Waals surface area (Å²) in [6.45, 7) is 1.88. The first-order valence-electron chi connectivity index (χ1n) is 5.91. The topological polar surface area (TPSA) is 41.5 Å². The summed E-state index contributed by atoms with van der Waals surface area (Å²) in [5.41, 5.74) is 4.68. The molecule has 3 nitrogen and oxygen atoms in total. The molecular weight excluding hydrogens is 295 g/mol. The van der Waals surface area contributed by atoms with Gasteiger partial charge >= 0.3 is 0 Å². The second kappa shape index (κ2) is 6.55. The fourth-order valence-electron chi connectivity index (χ4n) is 1.51. The van der Waals surface area contributed by atoms with Crippen LogP contribution in [0.2, 0.25) is 10.0 Å². The van der Waals surface area contributed by atoms with Crippen molar-refractivity contribution in [2.75, 3.05) is 0 Å². The van der Waals surface area contributed by atoms with Gasteiger partial charge in [0, 0.05) is 15.6 Å². The predicted octanol–water partition coefficient (Wildman–Crippen LogP) is 4.07. The van der Waals surface area contributed by atoms with Crippen molar-refractivity contribution >= 4 is 35.3 Å². The van der Waals surface area contributed by atoms with Crippen molar-refractivity contribution in [3.8, 4) is 0 Å². The minimum Gasteiger partial charge on any atom is -0.267 e. The van der Waals surface area contributed by atoms with E-state index < -0.39 is 0 Å².